The molecule has 0 aliphatic heterocycles. The molecule has 0 saturated heterocycles. The Labute approximate surface area is 136 Å². The van der Waals surface area contributed by atoms with Gasteiger partial charge in [-0.05, 0) is 12.8 Å². The zero-order chi connectivity index (χ0) is 21.4. The highest BCUT2D eigenvalue weighted by Crippen LogP contribution is 2.60. The Balaban J connectivity index is 5.92. The number of hydrogen-bond donors (Lipinski definition) is 2. The molecule has 26 heavy (non-hydrogen) atoms. The minimum atomic E-state index is -7.94. The van der Waals surface area contributed by atoms with Crippen LogP contribution >= 0.6 is 0 Å². The van der Waals surface area contributed by atoms with Crippen LogP contribution in [-0.2, 0) is 0 Å². The second kappa shape index (κ2) is 7.20. The van der Waals surface area contributed by atoms with Crippen molar-refractivity contribution in [3.63, 3.8) is 0 Å². The minimum Gasteiger partial charge on any atom is -0.396 e. The smallest absolute Gasteiger partial charge is 0.396 e. The molecule has 0 heterocycles. The van der Waals surface area contributed by atoms with E-state index < -0.39 is 67.8 Å². The van der Waals surface area contributed by atoms with Crippen molar-refractivity contribution in [1.82, 2.24) is 0 Å². The summed E-state index contributed by atoms with van der Waals surface area (Å²) < 4.78 is 166. The van der Waals surface area contributed by atoms with Gasteiger partial charge in [0.15, 0.2) is 0 Å². The highest BCUT2D eigenvalue weighted by molar-refractivity contribution is 5.10. The Kier molecular flexibility index (Phi) is 6.93. The molecule has 158 valence electrons. The standard InChI is InChI=1S/C11H11F13O2/c12-6(13,4-5(26)2-1-3-25)7(14,15)8(16,17)9(18,19)10(20,21)11(22,23)24/h5,25-26H,1-4H2. The molecule has 0 aliphatic carbocycles. The predicted octanol–water partition coefficient (Wildman–Crippen LogP) is 4.25. The van der Waals surface area contributed by atoms with Gasteiger partial charge in [0.1, 0.15) is 0 Å². The van der Waals surface area contributed by atoms with Crippen LogP contribution < -0.4 is 0 Å². The molecule has 0 fully saturated rings. The van der Waals surface area contributed by atoms with Crippen molar-refractivity contribution in [1.29, 1.82) is 0 Å². The molecule has 0 radical (unpaired) electrons. The lowest BCUT2D eigenvalue weighted by atomic mass is 9.91. The fraction of sp³-hybridized carbons (Fsp3) is 1.00. The van der Waals surface area contributed by atoms with Crippen LogP contribution in [0.15, 0.2) is 0 Å². The van der Waals surface area contributed by atoms with Gasteiger partial charge in [0.25, 0.3) is 0 Å². The summed E-state index contributed by atoms with van der Waals surface area (Å²) >= 11 is 0. The van der Waals surface area contributed by atoms with Crippen molar-refractivity contribution in [3.05, 3.63) is 0 Å². The van der Waals surface area contributed by atoms with E-state index in [0.29, 0.717) is 0 Å². The maximum atomic E-state index is 13.3. The van der Waals surface area contributed by atoms with Crippen molar-refractivity contribution in [2.45, 2.75) is 61.2 Å². The Bertz CT molecular complexity index is 471. The molecule has 0 aromatic heterocycles. The Hall–Kier alpha value is -0.990. The average Bonchev–Trinajstić information content (AvgIpc) is 2.42. The van der Waals surface area contributed by atoms with Crippen LogP contribution in [0.4, 0.5) is 57.1 Å². The number of aliphatic hydroxyl groups is 2. The quantitative estimate of drug-likeness (QED) is 0.546. The molecule has 0 bridgehead atoms. The molecule has 0 aromatic carbocycles. The first-order chi connectivity index (χ1) is 11.2. The van der Waals surface area contributed by atoms with Gasteiger partial charge in [0, 0.05) is 13.0 Å². The molecule has 2 N–H and O–H groups in total. The molecule has 0 rings (SSSR count). The first kappa shape index (κ1) is 25.0. The zero-order valence-corrected chi connectivity index (χ0v) is 12.2. The largest absolute Gasteiger partial charge is 0.460 e. The minimum absolute atomic E-state index is 0.512. The maximum Gasteiger partial charge on any atom is 0.460 e. The first-order valence-corrected chi connectivity index (χ1v) is 6.45. The van der Waals surface area contributed by atoms with Crippen LogP contribution in [0.5, 0.6) is 0 Å². The van der Waals surface area contributed by atoms with Crippen LogP contribution in [0.1, 0.15) is 19.3 Å². The molecule has 0 aliphatic rings. The van der Waals surface area contributed by atoms with Crippen molar-refractivity contribution in [2.24, 2.45) is 0 Å². The average molecular weight is 422 g/mol. The molecule has 0 saturated carbocycles. The zero-order valence-electron chi connectivity index (χ0n) is 12.2. The molecule has 1 atom stereocenters. The third-order valence-corrected chi connectivity index (χ3v) is 3.19. The third-order valence-electron chi connectivity index (χ3n) is 3.19. The molecular formula is C11H11F13O2. The summed E-state index contributed by atoms with van der Waals surface area (Å²) in [5.74, 6) is -37.2. The third kappa shape index (κ3) is 3.97. The van der Waals surface area contributed by atoms with Crippen molar-refractivity contribution in [2.75, 3.05) is 6.61 Å². The Morgan fingerprint density at radius 3 is 1.35 bits per heavy atom. The highest BCUT2D eigenvalue weighted by Gasteiger charge is 2.90. The van der Waals surface area contributed by atoms with Gasteiger partial charge in [0.2, 0.25) is 0 Å². The van der Waals surface area contributed by atoms with E-state index in [1.165, 1.54) is 0 Å². The van der Waals surface area contributed by atoms with E-state index >= 15 is 0 Å². The van der Waals surface area contributed by atoms with E-state index in [2.05, 4.69) is 0 Å². The van der Waals surface area contributed by atoms with Crippen LogP contribution in [0.2, 0.25) is 0 Å². The second-order valence-electron chi connectivity index (χ2n) is 5.22. The molecule has 15 heteroatoms. The Morgan fingerprint density at radius 2 is 1.00 bits per heavy atom. The number of halogens is 13. The lowest BCUT2D eigenvalue weighted by molar-refractivity contribution is -0.440. The fourth-order valence-corrected chi connectivity index (χ4v) is 1.66. The second-order valence-corrected chi connectivity index (χ2v) is 5.22. The first-order valence-electron chi connectivity index (χ1n) is 6.45. The van der Waals surface area contributed by atoms with Gasteiger partial charge in [0.05, 0.1) is 6.10 Å². The van der Waals surface area contributed by atoms with Crippen molar-refractivity contribution >= 4 is 0 Å². The molecule has 0 aromatic rings. The van der Waals surface area contributed by atoms with Gasteiger partial charge in [-0.1, -0.05) is 0 Å². The van der Waals surface area contributed by atoms with Crippen LogP contribution in [0.3, 0.4) is 0 Å². The SMILES string of the molecule is OCCCC(O)CC(F)(F)C(F)(F)C(F)(F)C(F)(F)C(F)(F)C(F)(F)F. The normalized spacial score (nSPS) is 16.7. The molecule has 1 unspecified atom stereocenters. The van der Waals surface area contributed by atoms with Gasteiger partial charge in [-0.25, -0.2) is 0 Å². The maximum absolute atomic E-state index is 13.3. The summed E-state index contributed by atoms with van der Waals surface area (Å²) in [7, 11) is 0. The van der Waals surface area contributed by atoms with Crippen molar-refractivity contribution in [3.8, 4) is 0 Å². The van der Waals surface area contributed by atoms with Gasteiger partial charge in [-0.2, -0.15) is 57.1 Å². The molecule has 2 nitrogen and oxygen atoms in total. The van der Waals surface area contributed by atoms with Gasteiger partial charge >= 0.3 is 35.8 Å². The summed E-state index contributed by atoms with van der Waals surface area (Å²) in [6.07, 6.45) is -14.1. The van der Waals surface area contributed by atoms with Crippen LogP contribution in [-0.4, -0.2) is 58.7 Å². The fourth-order valence-electron chi connectivity index (χ4n) is 1.66. The summed E-state index contributed by atoms with van der Waals surface area (Å²) in [6.45, 7) is -0.773. The summed E-state index contributed by atoms with van der Waals surface area (Å²) in [5, 5.41) is 17.3. The number of alkyl halides is 13. The summed E-state index contributed by atoms with van der Waals surface area (Å²) in [6, 6.07) is 0. The number of hydrogen-bond acceptors (Lipinski definition) is 2. The summed E-state index contributed by atoms with van der Waals surface area (Å²) in [4.78, 5) is 0. The molecule has 0 amide bonds. The van der Waals surface area contributed by atoms with E-state index in [4.69, 9.17) is 10.2 Å². The van der Waals surface area contributed by atoms with Crippen molar-refractivity contribution < 1.29 is 67.3 Å². The van der Waals surface area contributed by atoms with E-state index in [1.54, 1.807) is 0 Å². The topological polar surface area (TPSA) is 40.5 Å². The van der Waals surface area contributed by atoms with Gasteiger partial charge < -0.3 is 10.2 Å². The van der Waals surface area contributed by atoms with E-state index in [0.717, 1.165) is 0 Å². The van der Waals surface area contributed by atoms with Gasteiger partial charge in [-0.3, -0.25) is 0 Å². The number of rotatable bonds is 9. The molecular weight excluding hydrogens is 411 g/mol. The van der Waals surface area contributed by atoms with E-state index in [-0.39, 0.29) is 0 Å². The van der Waals surface area contributed by atoms with Crippen LogP contribution in [0, 0.1) is 0 Å². The molecule has 0 spiro atoms. The highest BCUT2D eigenvalue weighted by atomic mass is 19.4. The van der Waals surface area contributed by atoms with Crippen LogP contribution in [0.25, 0.3) is 0 Å². The predicted molar refractivity (Wildman–Crippen MR) is 57.7 cm³/mol. The summed E-state index contributed by atoms with van der Waals surface area (Å²) in [5.41, 5.74) is 0. The van der Waals surface area contributed by atoms with E-state index in [9.17, 15) is 57.1 Å². The van der Waals surface area contributed by atoms with E-state index in [1.807, 2.05) is 0 Å². The Morgan fingerprint density at radius 1 is 0.615 bits per heavy atom. The lowest BCUT2D eigenvalue weighted by Gasteiger charge is -2.40. The lowest BCUT2D eigenvalue weighted by Crippen LogP contribution is -2.70. The van der Waals surface area contributed by atoms with Gasteiger partial charge in [-0.15, -0.1) is 0 Å². The number of aliphatic hydroxyl groups excluding tert-OH is 2. The monoisotopic (exact) mass is 422 g/mol.